The van der Waals surface area contributed by atoms with Crippen molar-refractivity contribution in [2.24, 2.45) is 0 Å². The number of hydrogen-bond acceptors (Lipinski definition) is 4. The summed E-state index contributed by atoms with van der Waals surface area (Å²) in [6.45, 7) is 7.20. The van der Waals surface area contributed by atoms with E-state index in [1.54, 1.807) is 11.3 Å². The predicted molar refractivity (Wildman–Crippen MR) is 70.4 cm³/mol. The number of thiazole rings is 1. The third-order valence-electron chi connectivity index (χ3n) is 3.12. The number of hydrogen-bond donors (Lipinski definition) is 2. The minimum Gasteiger partial charge on any atom is -0.389 e. The van der Waals surface area contributed by atoms with E-state index in [4.69, 9.17) is 0 Å². The molecule has 5 heteroatoms. The van der Waals surface area contributed by atoms with Crippen molar-refractivity contribution in [3.8, 4) is 0 Å². The van der Waals surface area contributed by atoms with Gasteiger partial charge in [0.05, 0.1) is 17.0 Å². The highest BCUT2D eigenvalue weighted by Crippen LogP contribution is 2.16. The SMILES string of the molecule is CCC(C)(O)CNCc1c(C)nc2sccn12. The number of fused-ring (bicyclic) bond motifs is 1. The minimum absolute atomic E-state index is 0.598. The van der Waals surface area contributed by atoms with Crippen molar-refractivity contribution in [2.45, 2.75) is 39.3 Å². The van der Waals surface area contributed by atoms with Gasteiger partial charge in [0, 0.05) is 24.7 Å². The van der Waals surface area contributed by atoms with E-state index in [0.29, 0.717) is 6.54 Å². The molecule has 0 saturated heterocycles. The number of aromatic nitrogens is 2. The van der Waals surface area contributed by atoms with E-state index in [1.165, 1.54) is 5.69 Å². The zero-order valence-electron chi connectivity index (χ0n) is 10.5. The van der Waals surface area contributed by atoms with E-state index < -0.39 is 5.60 Å². The molecule has 0 aromatic carbocycles. The molecule has 94 valence electrons. The number of nitrogens with zero attached hydrogens (tertiary/aromatic N) is 2. The molecular formula is C12H19N3OS. The Hall–Kier alpha value is -0.910. The quantitative estimate of drug-likeness (QED) is 0.856. The van der Waals surface area contributed by atoms with E-state index in [9.17, 15) is 5.11 Å². The Labute approximate surface area is 105 Å². The van der Waals surface area contributed by atoms with Gasteiger partial charge in [-0.25, -0.2) is 4.98 Å². The first-order valence-electron chi connectivity index (χ1n) is 5.87. The third-order valence-corrected chi connectivity index (χ3v) is 3.88. The van der Waals surface area contributed by atoms with E-state index in [0.717, 1.165) is 23.6 Å². The number of imidazole rings is 1. The number of nitrogens with one attached hydrogen (secondary N) is 1. The van der Waals surface area contributed by atoms with Gasteiger partial charge in [-0.15, -0.1) is 11.3 Å². The second kappa shape index (κ2) is 4.76. The molecule has 2 N–H and O–H groups in total. The van der Waals surface area contributed by atoms with Crippen LogP contribution < -0.4 is 5.32 Å². The van der Waals surface area contributed by atoms with Crippen LogP contribution in [0.1, 0.15) is 31.7 Å². The summed E-state index contributed by atoms with van der Waals surface area (Å²) in [5.74, 6) is 0. The van der Waals surface area contributed by atoms with Gasteiger partial charge in [0.15, 0.2) is 4.96 Å². The first-order valence-corrected chi connectivity index (χ1v) is 6.75. The maximum absolute atomic E-state index is 9.91. The fourth-order valence-electron chi connectivity index (χ4n) is 1.73. The largest absolute Gasteiger partial charge is 0.389 e. The Balaban J connectivity index is 2.04. The molecule has 0 aliphatic carbocycles. The van der Waals surface area contributed by atoms with Crippen LogP contribution in [-0.2, 0) is 6.54 Å². The standard InChI is InChI=1S/C12H19N3OS/c1-4-12(3,16)8-13-7-10-9(2)14-11-15(10)5-6-17-11/h5-6,13,16H,4,7-8H2,1-3H3. The van der Waals surface area contributed by atoms with Crippen molar-refractivity contribution in [2.75, 3.05) is 6.54 Å². The zero-order valence-corrected chi connectivity index (χ0v) is 11.3. The van der Waals surface area contributed by atoms with Crippen LogP contribution >= 0.6 is 11.3 Å². The van der Waals surface area contributed by atoms with Gasteiger partial charge in [0.1, 0.15) is 0 Å². The molecule has 0 bridgehead atoms. The van der Waals surface area contributed by atoms with Crippen molar-refractivity contribution in [3.05, 3.63) is 23.0 Å². The second-order valence-electron chi connectivity index (χ2n) is 4.65. The van der Waals surface area contributed by atoms with Gasteiger partial charge in [0.2, 0.25) is 0 Å². The third kappa shape index (κ3) is 2.68. The summed E-state index contributed by atoms with van der Waals surface area (Å²) in [5, 5.41) is 15.2. The summed E-state index contributed by atoms with van der Waals surface area (Å²) in [6.07, 6.45) is 2.79. The van der Waals surface area contributed by atoms with Crippen LogP contribution in [0.5, 0.6) is 0 Å². The van der Waals surface area contributed by atoms with Crippen molar-refractivity contribution >= 4 is 16.3 Å². The highest BCUT2D eigenvalue weighted by atomic mass is 32.1. The Morgan fingerprint density at radius 2 is 2.35 bits per heavy atom. The summed E-state index contributed by atoms with van der Waals surface area (Å²) in [6, 6.07) is 0. The van der Waals surface area contributed by atoms with Gasteiger partial charge in [-0.05, 0) is 20.3 Å². The van der Waals surface area contributed by atoms with Crippen LogP contribution in [0.2, 0.25) is 0 Å². The van der Waals surface area contributed by atoms with Crippen LogP contribution in [-0.4, -0.2) is 26.6 Å². The lowest BCUT2D eigenvalue weighted by molar-refractivity contribution is 0.0554. The molecule has 0 fully saturated rings. The minimum atomic E-state index is -0.633. The van der Waals surface area contributed by atoms with Gasteiger partial charge < -0.3 is 10.4 Å². The van der Waals surface area contributed by atoms with E-state index in [2.05, 4.69) is 14.7 Å². The predicted octanol–water partition coefficient (Wildman–Crippen LogP) is 1.95. The van der Waals surface area contributed by atoms with Gasteiger partial charge in [0.25, 0.3) is 0 Å². The van der Waals surface area contributed by atoms with Crippen molar-refractivity contribution in [3.63, 3.8) is 0 Å². The lowest BCUT2D eigenvalue weighted by Gasteiger charge is -2.21. The Bertz CT molecular complexity index is 501. The van der Waals surface area contributed by atoms with Crippen LogP contribution in [0.25, 0.3) is 4.96 Å². The monoisotopic (exact) mass is 253 g/mol. The Kier molecular flexibility index (Phi) is 3.51. The average molecular weight is 253 g/mol. The van der Waals surface area contributed by atoms with Gasteiger partial charge in [-0.1, -0.05) is 6.92 Å². The lowest BCUT2D eigenvalue weighted by atomic mass is 10.0. The Morgan fingerprint density at radius 1 is 1.59 bits per heavy atom. The molecular weight excluding hydrogens is 234 g/mol. The van der Waals surface area contributed by atoms with Crippen LogP contribution in [0.4, 0.5) is 0 Å². The summed E-state index contributed by atoms with van der Waals surface area (Å²) in [7, 11) is 0. The highest BCUT2D eigenvalue weighted by molar-refractivity contribution is 7.15. The molecule has 1 atom stereocenters. The van der Waals surface area contributed by atoms with Crippen molar-refractivity contribution in [1.82, 2.24) is 14.7 Å². The molecule has 0 amide bonds. The van der Waals surface area contributed by atoms with Crippen LogP contribution in [0.3, 0.4) is 0 Å². The molecule has 4 nitrogen and oxygen atoms in total. The van der Waals surface area contributed by atoms with E-state index >= 15 is 0 Å². The van der Waals surface area contributed by atoms with Gasteiger partial charge in [-0.2, -0.15) is 0 Å². The smallest absolute Gasteiger partial charge is 0.194 e. The maximum Gasteiger partial charge on any atom is 0.194 e. The summed E-state index contributed by atoms with van der Waals surface area (Å²) in [5.41, 5.74) is 1.60. The number of rotatable bonds is 5. The molecule has 0 aliphatic heterocycles. The fourth-order valence-corrected chi connectivity index (χ4v) is 2.51. The first kappa shape index (κ1) is 12.5. The zero-order chi connectivity index (χ0) is 12.5. The molecule has 0 spiro atoms. The van der Waals surface area contributed by atoms with Gasteiger partial charge >= 0.3 is 0 Å². The molecule has 2 aromatic heterocycles. The van der Waals surface area contributed by atoms with Crippen molar-refractivity contribution in [1.29, 1.82) is 0 Å². The Morgan fingerprint density at radius 3 is 3.06 bits per heavy atom. The molecule has 2 heterocycles. The summed E-state index contributed by atoms with van der Waals surface area (Å²) in [4.78, 5) is 5.52. The van der Waals surface area contributed by atoms with E-state index in [1.807, 2.05) is 32.3 Å². The fraction of sp³-hybridized carbons (Fsp3) is 0.583. The maximum atomic E-state index is 9.91. The topological polar surface area (TPSA) is 49.6 Å². The summed E-state index contributed by atoms with van der Waals surface area (Å²) < 4.78 is 2.10. The van der Waals surface area contributed by atoms with Crippen LogP contribution in [0, 0.1) is 6.92 Å². The average Bonchev–Trinajstić information content (AvgIpc) is 2.81. The number of aryl methyl sites for hydroxylation is 1. The van der Waals surface area contributed by atoms with Crippen molar-refractivity contribution < 1.29 is 5.11 Å². The lowest BCUT2D eigenvalue weighted by Crippen LogP contribution is -2.37. The highest BCUT2D eigenvalue weighted by Gasteiger charge is 2.17. The number of aliphatic hydroxyl groups is 1. The molecule has 0 radical (unpaired) electrons. The molecule has 0 saturated carbocycles. The van der Waals surface area contributed by atoms with Gasteiger partial charge in [-0.3, -0.25) is 4.40 Å². The molecule has 0 aliphatic rings. The first-order chi connectivity index (χ1) is 8.03. The molecule has 2 aromatic rings. The normalized spacial score (nSPS) is 15.3. The van der Waals surface area contributed by atoms with E-state index in [-0.39, 0.29) is 0 Å². The second-order valence-corrected chi connectivity index (χ2v) is 5.53. The van der Waals surface area contributed by atoms with Crippen LogP contribution in [0.15, 0.2) is 11.6 Å². The summed E-state index contributed by atoms with van der Waals surface area (Å²) >= 11 is 1.64. The molecule has 17 heavy (non-hydrogen) atoms. The molecule has 1 unspecified atom stereocenters. The molecule has 2 rings (SSSR count).